The van der Waals surface area contributed by atoms with Crippen molar-refractivity contribution in [3.8, 4) is 0 Å². The molecule has 0 aromatic rings. The van der Waals surface area contributed by atoms with Crippen molar-refractivity contribution in [1.82, 2.24) is 10.0 Å². The van der Waals surface area contributed by atoms with Crippen molar-refractivity contribution in [1.29, 1.82) is 0 Å². The molecule has 0 fully saturated rings. The van der Waals surface area contributed by atoms with E-state index in [9.17, 15) is 13.2 Å². The maximum atomic E-state index is 11.7. The van der Waals surface area contributed by atoms with Crippen LogP contribution in [0.4, 0.5) is 4.79 Å². The molecule has 1 amide bonds. The van der Waals surface area contributed by atoms with Gasteiger partial charge in [0.2, 0.25) is 10.0 Å². The van der Waals surface area contributed by atoms with E-state index in [1.54, 1.807) is 20.8 Å². The van der Waals surface area contributed by atoms with Crippen molar-refractivity contribution < 1.29 is 17.9 Å². The van der Waals surface area contributed by atoms with Crippen LogP contribution in [-0.4, -0.2) is 39.0 Å². The number of ether oxygens (including phenoxy) is 1. The Kier molecular flexibility index (Phi) is 5.83. The first-order valence-electron chi connectivity index (χ1n) is 6.15. The highest BCUT2D eigenvalue weighted by atomic mass is 32.2. The Hall–Kier alpha value is -0.820. The zero-order chi connectivity index (χ0) is 15.5. The van der Waals surface area contributed by atoms with Crippen LogP contribution in [0.5, 0.6) is 0 Å². The van der Waals surface area contributed by atoms with Crippen molar-refractivity contribution in [2.24, 2.45) is 5.41 Å². The van der Waals surface area contributed by atoms with Crippen LogP contribution in [0, 0.1) is 5.41 Å². The largest absolute Gasteiger partial charge is 0.444 e. The fourth-order valence-corrected chi connectivity index (χ4v) is 1.73. The number of nitrogens with one attached hydrogen (secondary N) is 2. The molecule has 0 radical (unpaired) electrons. The fourth-order valence-electron chi connectivity index (χ4n) is 1.26. The Morgan fingerprint density at radius 1 is 1.16 bits per heavy atom. The third-order valence-electron chi connectivity index (χ3n) is 2.29. The molecule has 0 aliphatic heterocycles. The third-order valence-corrected chi connectivity index (χ3v) is 2.98. The summed E-state index contributed by atoms with van der Waals surface area (Å²) < 4.78 is 29.8. The second-order valence-corrected chi connectivity index (χ2v) is 8.52. The topological polar surface area (TPSA) is 84.5 Å². The van der Waals surface area contributed by atoms with E-state index in [1.165, 1.54) is 0 Å². The molecule has 0 spiro atoms. The predicted molar refractivity (Wildman–Crippen MR) is 75.5 cm³/mol. The Labute approximate surface area is 116 Å². The van der Waals surface area contributed by atoms with Crippen molar-refractivity contribution >= 4 is 16.1 Å². The lowest BCUT2D eigenvalue weighted by molar-refractivity contribution is 0.0466. The fraction of sp³-hybridized carbons (Fsp3) is 0.917. The summed E-state index contributed by atoms with van der Waals surface area (Å²) in [6.07, 6.45) is 0.530. The van der Waals surface area contributed by atoms with Gasteiger partial charge in [-0.05, 0) is 26.2 Å². The molecule has 0 aromatic heterocycles. The first kappa shape index (κ1) is 18.2. The SMILES string of the molecule is CC(C)(C)OC(=O)N[C@H](CNS(C)(=O)=O)C(C)(C)C. The summed E-state index contributed by atoms with van der Waals surface area (Å²) in [7, 11) is -3.29. The molecule has 1 atom stereocenters. The minimum Gasteiger partial charge on any atom is -0.444 e. The third kappa shape index (κ3) is 9.72. The van der Waals surface area contributed by atoms with Crippen LogP contribution < -0.4 is 10.0 Å². The second-order valence-electron chi connectivity index (χ2n) is 6.69. The number of carbonyl (C=O) groups excluding carboxylic acids is 1. The van der Waals surface area contributed by atoms with Crippen LogP contribution in [0.3, 0.4) is 0 Å². The molecular weight excluding hydrogens is 268 g/mol. The predicted octanol–water partition coefficient (Wildman–Crippen LogP) is 1.47. The molecule has 114 valence electrons. The number of hydrogen-bond acceptors (Lipinski definition) is 4. The van der Waals surface area contributed by atoms with Gasteiger partial charge in [-0.15, -0.1) is 0 Å². The van der Waals surface area contributed by atoms with E-state index in [-0.39, 0.29) is 18.0 Å². The summed E-state index contributed by atoms with van der Waals surface area (Å²) in [6.45, 7) is 11.2. The number of carbonyl (C=O) groups is 1. The van der Waals surface area contributed by atoms with Crippen LogP contribution in [0.25, 0.3) is 0 Å². The summed E-state index contributed by atoms with van der Waals surface area (Å²) in [5.74, 6) is 0. The van der Waals surface area contributed by atoms with Crippen LogP contribution in [-0.2, 0) is 14.8 Å². The minimum absolute atomic E-state index is 0.127. The van der Waals surface area contributed by atoms with Gasteiger partial charge in [0.05, 0.1) is 12.3 Å². The average molecular weight is 294 g/mol. The van der Waals surface area contributed by atoms with E-state index in [0.29, 0.717) is 0 Å². The lowest BCUT2D eigenvalue weighted by atomic mass is 9.87. The number of alkyl carbamates (subject to hydrolysis) is 1. The molecule has 2 N–H and O–H groups in total. The van der Waals surface area contributed by atoms with Crippen LogP contribution >= 0.6 is 0 Å². The van der Waals surface area contributed by atoms with E-state index in [2.05, 4.69) is 10.0 Å². The second kappa shape index (κ2) is 6.09. The highest BCUT2D eigenvalue weighted by Gasteiger charge is 2.28. The van der Waals surface area contributed by atoms with Crippen LogP contribution in [0.2, 0.25) is 0 Å². The molecule has 0 unspecified atom stereocenters. The van der Waals surface area contributed by atoms with Gasteiger partial charge in [-0.1, -0.05) is 20.8 Å². The summed E-state index contributed by atoms with van der Waals surface area (Å²) in [4.78, 5) is 11.7. The highest BCUT2D eigenvalue weighted by Crippen LogP contribution is 2.19. The smallest absolute Gasteiger partial charge is 0.407 e. The molecule has 0 bridgehead atoms. The van der Waals surface area contributed by atoms with Crippen LogP contribution in [0.15, 0.2) is 0 Å². The van der Waals surface area contributed by atoms with Gasteiger partial charge in [-0.3, -0.25) is 0 Å². The van der Waals surface area contributed by atoms with Crippen molar-refractivity contribution in [2.75, 3.05) is 12.8 Å². The molecule has 0 aromatic carbocycles. The molecule has 0 saturated heterocycles. The Morgan fingerprint density at radius 2 is 1.63 bits per heavy atom. The molecule has 6 nitrogen and oxygen atoms in total. The van der Waals surface area contributed by atoms with E-state index in [0.717, 1.165) is 6.26 Å². The molecule has 0 heterocycles. The van der Waals surface area contributed by atoms with Crippen molar-refractivity contribution in [3.63, 3.8) is 0 Å². The molecule has 0 rings (SSSR count). The minimum atomic E-state index is -3.29. The molecular formula is C12H26N2O4S. The number of hydrogen-bond donors (Lipinski definition) is 2. The lowest BCUT2D eigenvalue weighted by Crippen LogP contribution is -2.51. The van der Waals surface area contributed by atoms with Gasteiger partial charge in [0.1, 0.15) is 5.60 Å². The zero-order valence-corrected chi connectivity index (χ0v) is 13.6. The van der Waals surface area contributed by atoms with Gasteiger partial charge >= 0.3 is 6.09 Å². The summed E-state index contributed by atoms with van der Waals surface area (Å²) in [6, 6.07) is -0.364. The van der Waals surface area contributed by atoms with Gasteiger partial charge in [0.25, 0.3) is 0 Å². The van der Waals surface area contributed by atoms with E-state index >= 15 is 0 Å². The van der Waals surface area contributed by atoms with Crippen molar-refractivity contribution in [2.45, 2.75) is 53.2 Å². The molecule has 0 aliphatic rings. The van der Waals surface area contributed by atoms with E-state index < -0.39 is 21.7 Å². The average Bonchev–Trinajstić information content (AvgIpc) is 2.05. The standard InChI is InChI=1S/C12H26N2O4S/c1-11(2,3)9(8-13-19(7,16)17)14-10(15)18-12(4,5)6/h9,13H,8H2,1-7H3,(H,14,15)/t9-/m1/s1. The quantitative estimate of drug-likeness (QED) is 0.822. The van der Waals surface area contributed by atoms with E-state index in [4.69, 9.17) is 4.74 Å². The monoisotopic (exact) mass is 294 g/mol. The van der Waals surface area contributed by atoms with Gasteiger partial charge in [-0.25, -0.2) is 17.9 Å². The summed E-state index contributed by atoms with van der Waals surface area (Å²) >= 11 is 0. The molecule has 0 aliphatic carbocycles. The zero-order valence-electron chi connectivity index (χ0n) is 12.8. The van der Waals surface area contributed by atoms with Gasteiger partial charge in [-0.2, -0.15) is 0 Å². The van der Waals surface area contributed by atoms with Crippen molar-refractivity contribution in [3.05, 3.63) is 0 Å². The highest BCUT2D eigenvalue weighted by molar-refractivity contribution is 7.88. The summed E-state index contributed by atoms with van der Waals surface area (Å²) in [5.41, 5.74) is -0.884. The summed E-state index contributed by atoms with van der Waals surface area (Å²) in [5, 5.41) is 2.70. The maximum Gasteiger partial charge on any atom is 0.407 e. The molecule has 19 heavy (non-hydrogen) atoms. The Morgan fingerprint density at radius 3 is 1.95 bits per heavy atom. The Balaban J connectivity index is 4.67. The Bertz CT molecular complexity index is 404. The number of sulfonamides is 1. The first-order valence-corrected chi connectivity index (χ1v) is 8.04. The molecule has 0 saturated carbocycles. The van der Waals surface area contributed by atoms with Crippen LogP contribution in [0.1, 0.15) is 41.5 Å². The first-order chi connectivity index (χ1) is 8.21. The molecule has 7 heteroatoms. The van der Waals surface area contributed by atoms with Gasteiger partial charge in [0, 0.05) is 6.54 Å². The number of rotatable bonds is 4. The van der Waals surface area contributed by atoms with Gasteiger partial charge in [0.15, 0.2) is 0 Å². The number of amides is 1. The normalized spacial score (nSPS) is 14.9. The maximum absolute atomic E-state index is 11.7. The van der Waals surface area contributed by atoms with Gasteiger partial charge < -0.3 is 10.1 Å². The lowest BCUT2D eigenvalue weighted by Gasteiger charge is -2.32. The van der Waals surface area contributed by atoms with E-state index in [1.807, 2.05) is 20.8 Å².